The molecule has 0 saturated carbocycles. The Morgan fingerprint density at radius 2 is 1.69 bits per heavy atom. The van der Waals surface area contributed by atoms with Gasteiger partial charge in [-0.05, 0) is 40.3 Å². The Bertz CT molecular complexity index is 142. The van der Waals surface area contributed by atoms with Crippen molar-refractivity contribution in [3.63, 3.8) is 0 Å². The van der Waals surface area contributed by atoms with Gasteiger partial charge in [0.25, 0.3) is 0 Å². The van der Waals surface area contributed by atoms with Gasteiger partial charge in [-0.15, -0.1) is 0 Å². The minimum absolute atomic E-state index is 0.336. The van der Waals surface area contributed by atoms with Gasteiger partial charge in [-0.2, -0.15) is 0 Å². The highest BCUT2D eigenvalue weighted by Gasteiger charge is 2.08. The van der Waals surface area contributed by atoms with Gasteiger partial charge in [0.05, 0.1) is 12.7 Å². The van der Waals surface area contributed by atoms with E-state index < -0.39 is 0 Å². The molecular formula is C13H30N2O. The van der Waals surface area contributed by atoms with Crippen LogP contribution in [0.15, 0.2) is 0 Å². The van der Waals surface area contributed by atoms with E-state index in [4.69, 9.17) is 4.74 Å². The average molecular weight is 230 g/mol. The van der Waals surface area contributed by atoms with E-state index in [-0.39, 0.29) is 0 Å². The van der Waals surface area contributed by atoms with E-state index in [0.717, 1.165) is 32.2 Å². The molecular weight excluding hydrogens is 200 g/mol. The summed E-state index contributed by atoms with van der Waals surface area (Å²) in [4.78, 5) is 2.34. The highest BCUT2D eigenvalue weighted by Crippen LogP contribution is 1.96. The van der Waals surface area contributed by atoms with Crippen LogP contribution in [0, 0.1) is 5.92 Å². The highest BCUT2D eigenvalue weighted by molar-refractivity contribution is 4.66. The molecule has 0 bridgehead atoms. The molecule has 0 aromatic heterocycles. The van der Waals surface area contributed by atoms with Gasteiger partial charge >= 0.3 is 0 Å². The highest BCUT2D eigenvalue weighted by atomic mass is 16.5. The standard InChI is InChI=1S/C13H30N2O/c1-11(2)9-14-10-13(5)15(6)7-8-16-12(3)4/h11-14H,7-10H2,1-6H3. The number of hydrogen-bond acceptors (Lipinski definition) is 3. The van der Waals surface area contributed by atoms with Crippen LogP contribution >= 0.6 is 0 Å². The largest absolute Gasteiger partial charge is 0.377 e. The zero-order valence-corrected chi connectivity index (χ0v) is 11.9. The van der Waals surface area contributed by atoms with Crippen molar-refractivity contribution in [2.75, 3.05) is 33.3 Å². The smallest absolute Gasteiger partial charge is 0.0596 e. The maximum absolute atomic E-state index is 5.54. The van der Waals surface area contributed by atoms with Gasteiger partial charge in [0.2, 0.25) is 0 Å². The van der Waals surface area contributed by atoms with Crippen molar-refractivity contribution >= 4 is 0 Å². The normalized spacial score (nSPS) is 14.1. The molecule has 16 heavy (non-hydrogen) atoms. The second-order valence-corrected chi connectivity index (χ2v) is 5.30. The predicted molar refractivity (Wildman–Crippen MR) is 70.9 cm³/mol. The van der Waals surface area contributed by atoms with Crippen molar-refractivity contribution in [1.29, 1.82) is 0 Å². The van der Waals surface area contributed by atoms with Gasteiger partial charge in [-0.3, -0.25) is 0 Å². The van der Waals surface area contributed by atoms with Crippen LogP contribution in [0.4, 0.5) is 0 Å². The average Bonchev–Trinajstić information content (AvgIpc) is 2.16. The molecule has 1 N–H and O–H groups in total. The van der Waals surface area contributed by atoms with Gasteiger partial charge < -0.3 is 15.0 Å². The molecule has 0 amide bonds. The van der Waals surface area contributed by atoms with Crippen LogP contribution in [-0.2, 0) is 4.74 Å². The van der Waals surface area contributed by atoms with Crippen LogP contribution in [-0.4, -0.2) is 50.3 Å². The van der Waals surface area contributed by atoms with Crippen molar-refractivity contribution in [3.05, 3.63) is 0 Å². The molecule has 0 aliphatic carbocycles. The molecule has 0 aliphatic rings. The number of nitrogens with zero attached hydrogens (tertiary/aromatic N) is 1. The van der Waals surface area contributed by atoms with Gasteiger partial charge in [-0.1, -0.05) is 13.8 Å². The second kappa shape index (κ2) is 8.97. The number of nitrogens with one attached hydrogen (secondary N) is 1. The molecule has 0 spiro atoms. The summed E-state index contributed by atoms with van der Waals surface area (Å²) in [6, 6.07) is 0.564. The maximum atomic E-state index is 5.54. The Hall–Kier alpha value is -0.120. The Morgan fingerprint density at radius 3 is 2.19 bits per heavy atom. The van der Waals surface area contributed by atoms with Gasteiger partial charge in [-0.25, -0.2) is 0 Å². The monoisotopic (exact) mass is 230 g/mol. The summed E-state index contributed by atoms with van der Waals surface area (Å²) in [5.41, 5.74) is 0. The lowest BCUT2D eigenvalue weighted by Crippen LogP contribution is -2.40. The Morgan fingerprint density at radius 1 is 1.06 bits per heavy atom. The second-order valence-electron chi connectivity index (χ2n) is 5.30. The SMILES string of the molecule is CC(C)CNCC(C)N(C)CCOC(C)C. The summed E-state index contributed by atoms with van der Waals surface area (Å²) in [7, 11) is 2.16. The number of ether oxygens (including phenoxy) is 1. The van der Waals surface area contributed by atoms with Crippen molar-refractivity contribution in [2.24, 2.45) is 5.92 Å². The summed E-state index contributed by atoms with van der Waals surface area (Å²) in [5.74, 6) is 0.724. The van der Waals surface area contributed by atoms with Gasteiger partial charge in [0.1, 0.15) is 0 Å². The first kappa shape index (κ1) is 15.9. The molecule has 0 saturated heterocycles. The van der Waals surface area contributed by atoms with Crippen LogP contribution in [0.3, 0.4) is 0 Å². The van der Waals surface area contributed by atoms with Crippen LogP contribution in [0.2, 0.25) is 0 Å². The number of likely N-dealkylation sites (N-methyl/N-ethyl adjacent to an activating group) is 1. The maximum Gasteiger partial charge on any atom is 0.0596 e. The third kappa shape index (κ3) is 9.13. The first-order valence-electron chi connectivity index (χ1n) is 6.46. The summed E-state index contributed by atoms with van der Waals surface area (Å²) < 4.78 is 5.54. The van der Waals surface area contributed by atoms with E-state index in [2.05, 4.69) is 51.9 Å². The predicted octanol–water partition coefficient (Wildman–Crippen LogP) is 1.98. The van der Waals surface area contributed by atoms with Gasteiger partial charge in [0.15, 0.2) is 0 Å². The molecule has 0 radical (unpaired) electrons. The Kier molecular flexibility index (Phi) is 8.90. The van der Waals surface area contributed by atoms with E-state index in [1.807, 2.05) is 0 Å². The lowest BCUT2D eigenvalue weighted by Gasteiger charge is -2.25. The van der Waals surface area contributed by atoms with E-state index in [9.17, 15) is 0 Å². The Balaban J connectivity index is 3.52. The molecule has 3 nitrogen and oxygen atoms in total. The third-order valence-corrected chi connectivity index (χ3v) is 2.64. The molecule has 1 atom stereocenters. The topological polar surface area (TPSA) is 24.5 Å². The molecule has 1 unspecified atom stereocenters. The van der Waals surface area contributed by atoms with E-state index in [0.29, 0.717) is 12.1 Å². The molecule has 0 rings (SSSR count). The van der Waals surface area contributed by atoms with Gasteiger partial charge in [0, 0.05) is 19.1 Å². The van der Waals surface area contributed by atoms with Crippen LogP contribution in [0.25, 0.3) is 0 Å². The lowest BCUT2D eigenvalue weighted by atomic mass is 10.2. The fourth-order valence-corrected chi connectivity index (χ4v) is 1.39. The van der Waals surface area contributed by atoms with Crippen molar-refractivity contribution in [2.45, 2.75) is 46.8 Å². The Labute approximate surface area is 102 Å². The van der Waals surface area contributed by atoms with E-state index >= 15 is 0 Å². The van der Waals surface area contributed by atoms with Crippen LogP contribution in [0.5, 0.6) is 0 Å². The summed E-state index contributed by atoms with van der Waals surface area (Å²) >= 11 is 0. The lowest BCUT2D eigenvalue weighted by molar-refractivity contribution is 0.0573. The van der Waals surface area contributed by atoms with Crippen molar-refractivity contribution in [3.8, 4) is 0 Å². The first-order valence-corrected chi connectivity index (χ1v) is 6.46. The molecule has 0 aromatic rings. The van der Waals surface area contributed by atoms with Crippen molar-refractivity contribution in [1.82, 2.24) is 10.2 Å². The molecule has 3 heteroatoms. The molecule has 0 heterocycles. The zero-order chi connectivity index (χ0) is 12.6. The molecule has 0 aromatic carbocycles. The van der Waals surface area contributed by atoms with E-state index in [1.54, 1.807) is 0 Å². The molecule has 98 valence electrons. The first-order chi connectivity index (χ1) is 7.43. The fourth-order valence-electron chi connectivity index (χ4n) is 1.39. The summed E-state index contributed by atoms with van der Waals surface area (Å²) in [6.07, 6.45) is 0.336. The fraction of sp³-hybridized carbons (Fsp3) is 1.00. The van der Waals surface area contributed by atoms with Crippen LogP contribution in [0.1, 0.15) is 34.6 Å². The minimum Gasteiger partial charge on any atom is -0.377 e. The molecule has 0 fully saturated rings. The third-order valence-electron chi connectivity index (χ3n) is 2.64. The van der Waals surface area contributed by atoms with Crippen LogP contribution < -0.4 is 5.32 Å². The van der Waals surface area contributed by atoms with E-state index in [1.165, 1.54) is 0 Å². The summed E-state index contributed by atoms with van der Waals surface area (Å²) in [5, 5.41) is 3.48. The summed E-state index contributed by atoms with van der Waals surface area (Å²) in [6.45, 7) is 14.8. The number of hydrogen-bond donors (Lipinski definition) is 1. The minimum atomic E-state index is 0.336. The van der Waals surface area contributed by atoms with Crippen molar-refractivity contribution < 1.29 is 4.74 Å². The number of rotatable bonds is 9. The zero-order valence-electron chi connectivity index (χ0n) is 11.9. The molecule has 0 aliphatic heterocycles. The quantitative estimate of drug-likeness (QED) is 0.655.